The number of benzene rings is 1. The van der Waals surface area contributed by atoms with E-state index >= 15 is 0 Å². The zero-order chi connectivity index (χ0) is 12.1. The Morgan fingerprint density at radius 2 is 1.94 bits per heavy atom. The second-order valence-electron chi connectivity index (χ2n) is 5.25. The number of rotatable bonds is 6. The predicted molar refractivity (Wildman–Crippen MR) is 73.1 cm³/mol. The van der Waals surface area contributed by atoms with Crippen LogP contribution in [0.4, 0.5) is 0 Å². The maximum Gasteiger partial charge on any atom is 0.0207 e. The lowest BCUT2D eigenvalue weighted by Crippen LogP contribution is -2.60. The van der Waals surface area contributed by atoms with Crippen molar-refractivity contribution in [2.45, 2.75) is 31.6 Å². The Kier molecular flexibility index (Phi) is 4.19. The molecule has 1 aromatic rings. The highest BCUT2D eigenvalue weighted by atomic mass is 15.2. The summed E-state index contributed by atoms with van der Waals surface area (Å²) in [5, 5.41) is 0. The van der Waals surface area contributed by atoms with E-state index in [4.69, 9.17) is 5.73 Å². The van der Waals surface area contributed by atoms with Crippen LogP contribution in [0.2, 0.25) is 0 Å². The molecule has 0 bridgehead atoms. The molecule has 1 heterocycles. The molecule has 1 aliphatic rings. The van der Waals surface area contributed by atoms with Gasteiger partial charge >= 0.3 is 0 Å². The topological polar surface area (TPSA) is 29.3 Å². The van der Waals surface area contributed by atoms with Crippen molar-refractivity contribution in [3.8, 4) is 0 Å². The number of hydrogen-bond donors (Lipinski definition) is 1. The fourth-order valence-corrected chi connectivity index (χ4v) is 2.94. The lowest BCUT2D eigenvalue weighted by atomic mass is 9.70. The minimum absolute atomic E-state index is 0.409. The highest BCUT2D eigenvalue weighted by molar-refractivity contribution is 5.29. The molecule has 0 atom stereocenters. The van der Waals surface area contributed by atoms with Crippen molar-refractivity contribution in [3.05, 3.63) is 35.9 Å². The normalized spacial score (nSPS) is 18.9. The van der Waals surface area contributed by atoms with Gasteiger partial charge in [0.1, 0.15) is 0 Å². The molecule has 2 N–H and O–H groups in total. The van der Waals surface area contributed by atoms with Crippen LogP contribution in [0.5, 0.6) is 0 Å². The Balaban J connectivity index is 2.05. The first kappa shape index (κ1) is 12.6. The standard InChI is InChI=1S/C15H24N2/c1-2-3-9-15(12-17(13-15)11-10-16)14-7-5-4-6-8-14/h4-8H,2-3,9-13,16H2,1H3. The number of nitrogens with zero attached hydrogens (tertiary/aromatic N) is 1. The summed E-state index contributed by atoms with van der Waals surface area (Å²) in [5.41, 5.74) is 7.55. The molecule has 1 saturated heterocycles. The third kappa shape index (κ3) is 2.70. The average Bonchev–Trinajstić information content (AvgIpc) is 2.33. The summed E-state index contributed by atoms with van der Waals surface area (Å²) >= 11 is 0. The van der Waals surface area contributed by atoms with E-state index in [2.05, 4.69) is 42.2 Å². The van der Waals surface area contributed by atoms with Gasteiger partial charge in [0, 0.05) is 31.6 Å². The van der Waals surface area contributed by atoms with E-state index in [9.17, 15) is 0 Å². The van der Waals surface area contributed by atoms with Crippen molar-refractivity contribution in [1.82, 2.24) is 4.90 Å². The molecule has 0 aromatic heterocycles. The lowest BCUT2D eigenvalue weighted by molar-refractivity contribution is 0.0594. The fourth-order valence-electron chi connectivity index (χ4n) is 2.94. The van der Waals surface area contributed by atoms with Crippen molar-refractivity contribution in [2.24, 2.45) is 5.73 Å². The molecule has 0 saturated carbocycles. The second-order valence-corrected chi connectivity index (χ2v) is 5.25. The van der Waals surface area contributed by atoms with E-state index in [-0.39, 0.29) is 0 Å². The third-order valence-electron chi connectivity index (χ3n) is 3.89. The molecule has 0 radical (unpaired) electrons. The van der Waals surface area contributed by atoms with Gasteiger partial charge in [-0.25, -0.2) is 0 Å². The minimum atomic E-state index is 0.409. The summed E-state index contributed by atoms with van der Waals surface area (Å²) in [6.45, 7) is 6.47. The molecule has 1 aromatic carbocycles. The van der Waals surface area contributed by atoms with Crippen LogP contribution in [0.1, 0.15) is 31.7 Å². The highest BCUT2D eigenvalue weighted by Gasteiger charge is 2.42. The third-order valence-corrected chi connectivity index (χ3v) is 3.89. The predicted octanol–water partition coefficient (Wildman–Crippen LogP) is 2.39. The van der Waals surface area contributed by atoms with Crippen molar-refractivity contribution in [3.63, 3.8) is 0 Å². The first-order valence-corrected chi connectivity index (χ1v) is 6.79. The number of unbranched alkanes of at least 4 members (excludes halogenated alkanes) is 1. The number of likely N-dealkylation sites (tertiary alicyclic amines) is 1. The van der Waals surface area contributed by atoms with Crippen molar-refractivity contribution < 1.29 is 0 Å². The van der Waals surface area contributed by atoms with Crippen LogP contribution in [0, 0.1) is 0 Å². The Morgan fingerprint density at radius 3 is 2.53 bits per heavy atom. The second kappa shape index (κ2) is 5.65. The summed E-state index contributed by atoms with van der Waals surface area (Å²) in [4.78, 5) is 2.47. The molecule has 0 unspecified atom stereocenters. The van der Waals surface area contributed by atoms with Crippen LogP contribution in [-0.4, -0.2) is 31.1 Å². The average molecular weight is 232 g/mol. The largest absolute Gasteiger partial charge is 0.329 e. The molecular formula is C15H24N2. The molecule has 2 rings (SSSR count). The monoisotopic (exact) mass is 232 g/mol. The first-order chi connectivity index (χ1) is 8.30. The van der Waals surface area contributed by atoms with Gasteiger partial charge in [0.25, 0.3) is 0 Å². The first-order valence-electron chi connectivity index (χ1n) is 6.79. The van der Waals surface area contributed by atoms with E-state index in [1.165, 1.54) is 37.9 Å². The smallest absolute Gasteiger partial charge is 0.0207 e. The molecule has 1 aliphatic heterocycles. The van der Waals surface area contributed by atoms with Gasteiger partial charge in [0.05, 0.1) is 0 Å². The van der Waals surface area contributed by atoms with Crippen LogP contribution >= 0.6 is 0 Å². The van der Waals surface area contributed by atoms with E-state index in [1.54, 1.807) is 0 Å². The quantitative estimate of drug-likeness (QED) is 0.816. The Bertz CT molecular complexity index is 328. The molecular weight excluding hydrogens is 208 g/mol. The molecule has 0 amide bonds. The Labute approximate surface area is 105 Å². The van der Waals surface area contributed by atoms with Gasteiger partial charge in [0.15, 0.2) is 0 Å². The zero-order valence-corrected chi connectivity index (χ0v) is 10.9. The molecule has 1 fully saturated rings. The summed E-state index contributed by atoms with van der Waals surface area (Å²) < 4.78 is 0. The van der Waals surface area contributed by atoms with Gasteiger partial charge < -0.3 is 10.6 Å². The molecule has 0 aliphatic carbocycles. The molecule has 2 heteroatoms. The minimum Gasteiger partial charge on any atom is -0.329 e. The number of hydrogen-bond acceptors (Lipinski definition) is 2. The lowest BCUT2D eigenvalue weighted by Gasteiger charge is -2.51. The van der Waals surface area contributed by atoms with Gasteiger partial charge in [-0.05, 0) is 12.0 Å². The Hall–Kier alpha value is -0.860. The van der Waals surface area contributed by atoms with E-state index in [0.29, 0.717) is 5.41 Å². The van der Waals surface area contributed by atoms with E-state index in [1.807, 2.05) is 0 Å². The van der Waals surface area contributed by atoms with Crippen LogP contribution in [0.25, 0.3) is 0 Å². The summed E-state index contributed by atoms with van der Waals surface area (Å²) in [7, 11) is 0. The van der Waals surface area contributed by atoms with Gasteiger partial charge in [0.2, 0.25) is 0 Å². The molecule has 2 nitrogen and oxygen atoms in total. The van der Waals surface area contributed by atoms with Gasteiger partial charge in [-0.3, -0.25) is 0 Å². The van der Waals surface area contributed by atoms with Gasteiger partial charge in [-0.1, -0.05) is 50.1 Å². The van der Waals surface area contributed by atoms with Crippen LogP contribution in [0.3, 0.4) is 0 Å². The summed E-state index contributed by atoms with van der Waals surface area (Å²) in [6, 6.07) is 11.0. The fraction of sp³-hybridized carbons (Fsp3) is 0.600. The number of nitrogens with two attached hydrogens (primary N) is 1. The van der Waals surface area contributed by atoms with Crippen molar-refractivity contribution in [2.75, 3.05) is 26.2 Å². The summed E-state index contributed by atoms with van der Waals surface area (Å²) in [6.07, 6.45) is 3.92. The zero-order valence-electron chi connectivity index (χ0n) is 10.9. The van der Waals surface area contributed by atoms with Crippen LogP contribution in [-0.2, 0) is 5.41 Å². The van der Waals surface area contributed by atoms with Crippen LogP contribution in [0.15, 0.2) is 30.3 Å². The van der Waals surface area contributed by atoms with Crippen LogP contribution < -0.4 is 5.73 Å². The molecule has 17 heavy (non-hydrogen) atoms. The molecule has 0 spiro atoms. The Morgan fingerprint density at radius 1 is 1.24 bits per heavy atom. The van der Waals surface area contributed by atoms with Gasteiger partial charge in [-0.15, -0.1) is 0 Å². The maximum absolute atomic E-state index is 5.62. The van der Waals surface area contributed by atoms with Gasteiger partial charge in [-0.2, -0.15) is 0 Å². The van der Waals surface area contributed by atoms with E-state index < -0.39 is 0 Å². The van der Waals surface area contributed by atoms with Crippen molar-refractivity contribution >= 4 is 0 Å². The SMILES string of the molecule is CCCCC1(c2ccccc2)CN(CCN)C1. The van der Waals surface area contributed by atoms with Crippen molar-refractivity contribution in [1.29, 1.82) is 0 Å². The highest BCUT2D eigenvalue weighted by Crippen LogP contribution is 2.38. The summed E-state index contributed by atoms with van der Waals surface area (Å²) in [5.74, 6) is 0. The molecule has 94 valence electrons. The van der Waals surface area contributed by atoms with E-state index in [0.717, 1.165) is 13.1 Å². The maximum atomic E-state index is 5.62.